The van der Waals surface area contributed by atoms with Crippen molar-refractivity contribution in [2.45, 2.75) is 5.41 Å². The third-order valence-corrected chi connectivity index (χ3v) is 6.69. The zero-order valence-corrected chi connectivity index (χ0v) is 17.7. The van der Waals surface area contributed by atoms with E-state index in [1.54, 1.807) is 0 Å². The van der Waals surface area contributed by atoms with E-state index in [-0.39, 0.29) is 0 Å². The van der Waals surface area contributed by atoms with Crippen LogP contribution >= 0.6 is 0 Å². The maximum Gasteiger partial charge on any atom is 0.0720 e. The molecule has 1 unspecified atom stereocenters. The smallest absolute Gasteiger partial charge is 0.0720 e. The fourth-order valence-corrected chi connectivity index (χ4v) is 5.42. The monoisotopic (exact) mass is 409 g/mol. The van der Waals surface area contributed by atoms with E-state index < -0.39 is 5.41 Å². The predicted octanol–water partition coefficient (Wildman–Crippen LogP) is 7.30. The van der Waals surface area contributed by atoms with Gasteiger partial charge in [0.25, 0.3) is 0 Å². The molecule has 0 heterocycles. The molecule has 0 radical (unpaired) electrons. The summed E-state index contributed by atoms with van der Waals surface area (Å²) in [4.78, 5) is 0. The van der Waals surface area contributed by atoms with Crippen molar-refractivity contribution in [2.24, 2.45) is 0 Å². The van der Waals surface area contributed by atoms with E-state index >= 15 is 0 Å². The van der Waals surface area contributed by atoms with E-state index in [1.807, 2.05) is 6.07 Å². The molecule has 1 atom stereocenters. The van der Waals surface area contributed by atoms with Crippen LogP contribution in [0.1, 0.15) is 22.3 Å². The lowest BCUT2D eigenvalue weighted by Gasteiger charge is -2.35. The van der Waals surface area contributed by atoms with E-state index in [1.165, 1.54) is 44.5 Å². The first-order valence-corrected chi connectivity index (χ1v) is 11.0. The van der Waals surface area contributed by atoms with Crippen molar-refractivity contribution in [1.82, 2.24) is 0 Å². The van der Waals surface area contributed by atoms with Gasteiger partial charge in [-0.15, -0.1) is 0 Å². The Morgan fingerprint density at radius 3 is 1.69 bits per heavy atom. The minimum atomic E-state index is -0.449. The largest absolute Gasteiger partial charge is 0.399 e. The van der Waals surface area contributed by atoms with E-state index in [2.05, 4.69) is 121 Å². The van der Waals surface area contributed by atoms with Crippen LogP contribution in [0.15, 0.2) is 127 Å². The predicted molar refractivity (Wildman–Crippen MR) is 134 cm³/mol. The second-order valence-electron chi connectivity index (χ2n) is 8.38. The molecule has 0 aromatic heterocycles. The highest BCUT2D eigenvalue weighted by atomic mass is 14.6. The number of hydrogen-bond acceptors (Lipinski definition) is 1. The van der Waals surface area contributed by atoms with Crippen LogP contribution in [0.2, 0.25) is 0 Å². The van der Waals surface area contributed by atoms with Gasteiger partial charge in [-0.25, -0.2) is 0 Å². The van der Waals surface area contributed by atoms with Gasteiger partial charge >= 0.3 is 0 Å². The van der Waals surface area contributed by atoms with Gasteiger partial charge in [-0.3, -0.25) is 0 Å². The maximum absolute atomic E-state index is 6.39. The minimum Gasteiger partial charge on any atom is -0.399 e. The molecule has 5 aromatic carbocycles. The van der Waals surface area contributed by atoms with E-state index in [4.69, 9.17) is 5.73 Å². The normalized spacial score (nSPS) is 16.4. The highest BCUT2D eigenvalue weighted by molar-refractivity contribution is 5.89. The topological polar surface area (TPSA) is 26.0 Å². The van der Waals surface area contributed by atoms with Gasteiger partial charge in [0.05, 0.1) is 5.41 Å². The first-order chi connectivity index (χ1) is 15.8. The van der Waals surface area contributed by atoms with Gasteiger partial charge in [-0.2, -0.15) is 0 Å². The lowest BCUT2D eigenvalue weighted by molar-refractivity contribution is 0.771. The summed E-state index contributed by atoms with van der Waals surface area (Å²) in [6.45, 7) is 0. The summed E-state index contributed by atoms with van der Waals surface area (Å²) >= 11 is 0. The fraction of sp³-hybridized carbons (Fsp3) is 0.0323. The van der Waals surface area contributed by atoms with Crippen molar-refractivity contribution in [2.75, 3.05) is 5.73 Å². The average molecular weight is 410 g/mol. The lowest BCUT2D eigenvalue weighted by Crippen LogP contribution is -2.29. The molecule has 5 aromatic rings. The minimum absolute atomic E-state index is 0.449. The molecule has 0 saturated heterocycles. The quantitative estimate of drug-likeness (QED) is 0.305. The molecule has 1 aliphatic rings. The molecule has 0 aliphatic heterocycles. The number of benzene rings is 5. The number of nitrogens with two attached hydrogens (primary N) is 1. The van der Waals surface area contributed by atoms with Crippen molar-refractivity contribution in [3.8, 4) is 22.3 Å². The summed E-state index contributed by atoms with van der Waals surface area (Å²) in [5.41, 5.74) is 16.8. The Kier molecular flexibility index (Phi) is 4.22. The molecule has 0 amide bonds. The molecule has 2 N–H and O–H groups in total. The zero-order chi connectivity index (χ0) is 21.5. The summed E-state index contributed by atoms with van der Waals surface area (Å²) in [6.07, 6.45) is 0. The Hall–Kier alpha value is -4.10. The van der Waals surface area contributed by atoms with Gasteiger partial charge in [0.1, 0.15) is 0 Å². The summed E-state index contributed by atoms with van der Waals surface area (Å²) in [5, 5.41) is 0. The Balaban J connectivity index is 1.81. The Morgan fingerprint density at radius 1 is 0.438 bits per heavy atom. The van der Waals surface area contributed by atoms with E-state index in [0.29, 0.717) is 0 Å². The summed E-state index contributed by atoms with van der Waals surface area (Å²) in [6, 6.07) is 45.5. The van der Waals surface area contributed by atoms with Gasteiger partial charge in [0, 0.05) is 5.69 Å². The van der Waals surface area contributed by atoms with Crippen molar-refractivity contribution < 1.29 is 0 Å². The fourth-order valence-electron chi connectivity index (χ4n) is 5.42. The molecule has 32 heavy (non-hydrogen) atoms. The third-order valence-electron chi connectivity index (χ3n) is 6.69. The molecule has 0 fully saturated rings. The van der Waals surface area contributed by atoms with Crippen molar-refractivity contribution in [1.29, 1.82) is 0 Å². The molecular weight excluding hydrogens is 386 g/mol. The molecule has 0 bridgehead atoms. The first-order valence-electron chi connectivity index (χ1n) is 11.0. The first kappa shape index (κ1) is 18.7. The third kappa shape index (κ3) is 2.58. The molecule has 0 spiro atoms. The maximum atomic E-state index is 6.39. The van der Waals surface area contributed by atoms with Crippen molar-refractivity contribution >= 4 is 5.69 Å². The summed E-state index contributed by atoms with van der Waals surface area (Å²) < 4.78 is 0. The standard InChI is InChI=1S/C31H23N/c32-24-19-20-27-26-16-8-10-18-29(26)31(30(27)21-24,23-13-5-2-6-14-23)28-17-9-7-15-25(28)22-11-3-1-4-12-22/h1-21H,32H2. The number of fused-ring (bicyclic) bond motifs is 3. The summed E-state index contributed by atoms with van der Waals surface area (Å²) in [7, 11) is 0. The lowest BCUT2D eigenvalue weighted by atomic mass is 9.66. The Labute approximate surface area is 188 Å². The SMILES string of the molecule is Nc1ccc2c(c1)C(c1ccccc1)(c1ccccc1-c1ccccc1)c1ccccc1-2. The molecule has 1 aliphatic carbocycles. The molecule has 1 nitrogen and oxygen atoms in total. The second kappa shape index (κ2) is 7.25. The van der Waals surface area contributed by atoms with E-state index in [0.717, 1.165) is 5.69 Å². The van der Waals surface area contributed by atoms with Crippen LogP contribution in [0.3, 0.4) is 0 Å². The highest BCUT2D eigenvalue weighted by Crippen LogP contribution is 2.57. The average Bonchev–Trinajstić information content (AvgIpc) is 3.15. The molecule has 1 heteroatoms. The van der Waals surface area contributed by atoms with Crippen LogP contribution in [0, 0.1) is 0 Å². The number of hydrogen-bond donors (Lipinski definition) is 1. The van der Waals surface area contributed by atoms with Gasteiger partial charge < -0.3 is 5.73 Å². The number of nitrogen functional groups attached to an aromatic ring is 1. The Bertz CT molecular complexity index is 1420. The highest BCUT2D eigenvalue weighted by Gasteiger charge is 2.47. The van der Waals surface area contributed by atoms with Crippen molar-refractivity contribution in [3.63, 3.8) is 0 Å². The van der Waals surface area contributed by atoms with Gasteiger partial charge in [-0.1, -0.05) is 115 Å². The van der Waals surface area contributed by atoms with Crippen LogP contribution < -0.4 is 5.73 Å². The second-order valence-corrected chi connectivity index (χ2v) is 8.38. The van der Waals surface area contributed by atoms with Gasteiger partial charge in [0.15, 0.2) is 0 Å². The summed E-state index contributed by atoms with van der Waals surface area (Å²) in [5.74, 6) is 0. The molecular formula is C31H23N. The Morgan fingerprint density at radius 2 is 0.969 bits per heavy atom. The van der Waals surface area contributed by atoms with Crippen LogP contribution in [-0.4, -0.2) is 0 Å². The molecule has 6 rings (SSSR count). The van der Waals surface area contributed by atoms with Crippen LogP contribution in [0.4, 0.5) is 5.69 Å². The zero-order valence-electron chi connectivity index (χ0n) is 17.7. The number of anilines is 1. The number of rotatable bonds is 3. The molecule has 0 saturated carbocycles. The van der Waals surface area contributed by atoms with E-state index in [9.17, 15) is 0 Å². The van der Waals surface area contributed by atoms with Gasteiger partial charge in [-0.05, 0) is 56.6 Å². The van der Waals surface area contributed by atoms with Crippen LogP contribution in [-0.2, 0) is 5.41 Å². The van der Waals surface area contributed by atoms with Crippen LogP contribution in [0.25, 0.3) is 22.3 Å². The van der Waals surface area contributed by atoms with Crippen molar-refractivity contribution in [3.05, 3.63) is 150 Å². The van der Waals surface area contributed by atoms with Gasteiger partial charge in [0.2, 0.25) is 0 Å². The molecule has 152 valence electrons. The van der Waals surface area contributed by atoms with Crippen LogP contribution in [0.5, 0.6) is 0 Å².